The summed E-state index contributed by atoms with van der Waals surface area (Å²) in [6.45, 7) is 1.55. The summed E-state index contributed by atoms with van der Waals surface area (Å²) in [6, 6.07) is 1.89. The third-order valence-electron chi connectivity index (χ3n) is 1.03. The van der Waals surface area contributed by atoms with E-state index in [0.717, 1.165) is 11.8 Å². The van der Waals surface area contributed by atoms with Gasteiger partial charge in [0.1, 0.15) is 4.75 Å². The van der Waals surface area contributed by atoms with Crippen LogP contribution in [0.25, 0.3) is 0 Å². The van der Waals surface area contributed by atoms with Gasteiger partial charge in [0.2, 0.25) is 0 Å². The number of carboxylic acids is 1. The van der Waals surface area contributed by atoms with Crippen molar-refractivity contribution in [3.8, 4) is 6.07 Å². The van der Waals surface area contributed by atoms with Gasteiger partial charge in [0, 0.05) is 4.70 Å². The minimum Gasteiger partial charge on any atom is -0.481 e. The zero-order valence-electron chi connectivity index (χ0n) is 5.90. The number of aliphatic carboxylic acids is 1. The van der Waals surface area contributed by atoms with Crippen LogP contribution in [0, 0.1) is 11.3 Å². The number of carboxylic acid groups (broad SMARTS) is 1. The quantitative estimate of drug-likeness (QED) is 0.678. The molecule has 1 N–H and O–H groups in total. The van der Waals surface area contributed by atoms with Gasteiger partial charge in [-0.05, 0) is 6.92 Å². The summed E-state index contributed by atoms with van der Waals surface area (Å²) in [5.41, 5.74) is 0. The minimum absolute atomic E-state index is 0.193. The molecule has 0 aromatic heterocycles. The van der Waals surface area contributed by atoms with Gasteiger partial charge in [-0.3, -0.25) is 4.79 Å². The van der Waals surface area contributed by atoms with Crippen LogP contribution in [-0.4, -0.2) is 20.5 Å². The monoisotopic (exact) mass is 189 g/mol. The standard InChI is InChI=1S/C6H7NO2S2/c1-6(3-7,11-4-10)2-5(8)9/h4H,2H2,1H3,(H,8,9). The lowest BCUT2D eigenvalue weighted by molar-refractivity contribution is -0.137. The number of hydrogen-bond acceptors (Lipinski definition) is 4. The van der Waals surface area contributed by atoms with Crippen molar-refractivity contribution in [1.82, 2.24) is 0 Å². The molecule has 0 fully saturated rings. The maximum absolute atomic E-state index is 10.2. The summed E-state index contributed by atoms with van der Waals surface area (Å²) in [7, 11) is 0. The van der Waals surface area contributed by atoms with Crippen LogP contribution in [-0.2, 0) is 4.79 Å². The number of thiocarbonyl (C=S) groups is 1. The molecule has 0 aromatic rings. The third kappa shape index (κ3) is 3.96. The van der Waals surface area contributed by atoms with E-state index in [9.17, 15) is 4.79 Å². The smallest absolute Gasteiger partial charge is 0.305 e. The number of carbonyl (C=O) groups is 1. The van der Waals surface area contributed by atoms with Gasteiger partial charge in [0.25, 0.3) is 0 Å². The average molecular weight is 189 g/mol. The largest absolute Gasteiger partial charge is 0.481 e. The first-order chi connectivity index (χ1) is 5.04. The molecule has 0 saturated heterocycles. The van der Waals surface area contributed by atoms with Gasteiger partial charge in [-0.25, -0.2) is 0 Å². The van der Waals surface area contributed by atoms with Crippen molar-refractivity contribution in [3.63, 3.8) is 0 Å². The van der Waals surface area contributed by atoms with Gasteiger partial charge < -0.3 is 5.11 Å². The number of thioether (sulfide) groups is 1. The Bertz CT molecular complexity index is 211. The molecule has 0 heterocycles. The zero-order valence-corrected chi connectivity index (χ0v) is 7.54. The Morgan fingerprint density at radius 2 is 2.55 bits per heavy atom. The number of hydrogen-bond donors (Lipinski definition) is 1. The topological polar surface area (TPSA) is 61.1 Å². The van der Waals surface area contributed by atoms with Crippen molar-refractivity contribution in [3.05, 3.63) is 0 Å². The molecule has 0 radical (unpaired) electrons. The Kier molecular flexibility index (Phi) is 4.08. The van der Waals surface area contributed by atoms with Crippen molar-refractivity contribution in [2.24, 2.45) is 0 Å². The van der Waals surface area contributed by atoms with E-state index < -0.39 is 10.7 Å². The Morgan fingerprint density at radius 1 is 2.00 bits per heavy atom. The van der Waals surface area contributed by atoms with Crippen molar-refractivity contribution in [2.45, 2.75) is 18.1 Å². The fraction of sp³-hybridized carbons (Fsp3) is 0.500. The third-order valence-corrected chi connectivity index (χ3v) is 2.17. The second-order valence-electron chi connectivity index (χ2n) is 2.13. The average Bonchev–Trinajstić information content (AvgIpc) is 1.87. The molecule has 0 amide bonds. The highest BCUT2D eigenvalue weighted by molar-refractivity contribution is 8.21. The van der Waals surface area contributed by atoms with E-state index in [4.69, 9.17) is 10.4 Å². The van der Waals surface area contributed by atoms with E-state index in [-0.39, 0.29) is 6.42 Å². The summed E-state index contributed by atoms with van der Waals surface area (Å²) in [4.78, 5) is 10.2. The number of rotatable bonds is 4. The Balaban J connectivity index is 4.24. The molecule has 0 bridgehead atoms. The summed E-state index contributed by atoms with van der Waals surface area (Å²) in [5, 5.41) is 17.0. The predicted molar refractivity (Wildman–Crippen MR) is 47.5 cm³/mol. The molecule has 0 aliphatic rings. The van der Waals surface area contributed by atoms with Crippen LogP contribution in [0.1, 0.15) is 13.3 Å². The predicted octanol–water partition coefficient (Wildman–Crippen LogP) is 1.43. The molecule has 0 aliphatic carbocycles. The number of nitrogens with zero attached hydrogens (tertiary/aromatic N) is 1. The van der Waals surface area contributed by atoms with E-state index >= 15 is 0 Å². The first kappa shape index (κ1) is 10.4. The van der Waals surface area contributed by atoms with Crippen LogP contribution >= 0.6 is 24.0 Å². The van der Waals surface area contributed by atoms with E-state index in [1.165, 1.54) is 4.70 Å². The van der Waals surface area contributed by atoms with Crippen molar-refractivity contribution >= 4 is 34.6 Å². The maximum atomic E-state index is 10.2. The van der Waals surface area contributed by atoms with Crippen LogP contribution in [0.4, 0.5) is 0 Å². The van der Waals surface area contributed by atoms with Gasteiger partial charge in [-0.2, -0.15) is 5.26 Å². The molecule has 11 heavy (non-hydrogen) atoms. The molecule has 0 aromatic carbocycles. The lowest BCUT2D eigenvalue weighted by Crippen LogP contribution is -2.21. The molecule has 0 aliphatic heterocycles. The Labute approximate surface area is 74.4 Å². The van der Waals surface area contributed by atoms with Gasteiger partial charge in [0.15, 0.2) is 0 Å². The Morgan fingerprint density at radius 3 is 2.82 bits per heavy atom. The summed E-state index contributed by atoms with van der Waals surface area (Å²) < 4.78 is 0.389. The molecule has 0 rings (SSSR count). The zero-order chi connectivity index (χ0) is 8.91. The fourth-order valence-corrected chi connectivity index (χ4v) is 1.61. The molecular weight excluding hydrogens is 182 g/mol. The summed E-state index contributed by atoms with van der Waals surface area (Å²) >= 11 is 5.57. The first-order valence-corrected chi connectivity index (χ1v) is 4.14. The lowest BCUT2D eigenvalue weighted by atomic mass is 10.1. The summed E-state index contributed by atoms with van der Waals surface area (Å²) in [6.07, 6.45) is -0.193. The highest BCUT2D eigenvalue weighted by Crippen LogP contribution is 2.25. The highest BCUT2D eigenvalue weighted by Gasteiger charge is 2.26. The Hall–Kier alpha value is -0.600. The van der Waals surface area contributed by atoms with E-state index in [2.05, 4.69) is 12.2 Å². The molecule has 1 atom stereocenters. The maximum Gasteiger partial charge on any atom is 0.305 e. The normalized spacial score (nSPS) is 14.5. The SMILES string of the molecule is CC(C#N)(CC(=O)O)SC=S. The molecule has 3 nitrogen and oxygen atoms in total. The molecular formula is C6H7NO2S2. The lowest BCUT2D eigenvalue weighted by Gasteiger charge is -2.14. The van der Waals surface area contributed by atoms with Crippen LogP contribution in [0.2, 0.25) is 0 Å². The highest BCUT2D eigenvalue weighted by atomic mass is 32.2. The van der Waals surface area contributed by atoms with Gasteiger partial charge in [0.05, 0.1) is 12.5 Å². The molecule has 5 heteroatoms. The fourth-order valence-electron chi connectivity index (χ4n) is 0.502. The van der Waals surface area contributed by atoms with Gasteiger partial charge in [-0.15, -0.1) is 0 Å². The van der Waals surface area contributed by atoms with Crippen molar-refractivity contribution < 1.29 is 9.90 Å². The van der Waals surface area contributed by atoms with E-state index in [1.54, 1.807) is 6.92 Å². The molecule has 0 spiro atoms. The van der Waals surface area contributed by atoms with Crippen LogP contribution in [0.3, 0.4) is 0 Å². The van der Waals surface area contributed by atoms with Crippen LogP contribution in [0.5, 0.6) is 0 Å². The van der Waals surface area contributed by atoms with Gasteiger partial charge in [-0.1, -0.05) is 24.0 Å². The minimum atomic E-state index is -0.988. The van der Waals surface area contributed by atoms with Crippen molar-refractivity contribution in [1.29, 1.82) is 5.26 Å². The molecule has 60 valence electrons. The summed E-state index contributed by atoms with van der Waals surface area (Å²) in [5.74, 6) is -0.988. The second-order valence-corrected chi connectivity index (χ2v) is 4.03. The van der Waals surface area contributed by atoms with Crippen LogP contribution < -0.4 is 0 Å². The van der Waals surface area contributed by atoms with Crippen LogP contribution in [0.15, 0.2) is 0 Å². The molecule has 1 unspecified atom stereocenters. The number of nitriles is 1. The van der Waals surface area contributed by atoms with E-state index in [1.807, 2.05) is 6.07 Å². The second kappa shape index (κ2) is 4.31. The van der Waals surface area contributed by atoms with Crippen molar-refractivity contribution in [2.75, 3.05) is 0 Å². The first-order valence-electron chi connectivity index (χ1n) is 2.78. The van der Waals surface area contributed by atoms with Gasteiger partial charge >= 0.3 is 5.97 Å². The molecule has 0 saturated carbocycles. The van der Waals surface area contributed by atoms with E-state index in [0.29, 0.717) is 0 Å².